The molecule has 0 spiro atoms. The van der Waals surface area contributed by atoms with Gasteiger partial charge in [-0.05, 0) is 74.2 Å². The molecule has 6 nitrogen and oxygen atoms in total. The van der Waals surface area contributed by atoms with Gasteiger partial charge in [-0.3, -0.25) is 14.2 Å². The van der Waals surface area contributed by atoms with Gasteiger partial charge in [-0.1, -0.05) is 6.42 Å². The molecular formula is C22H23N3O3S. The number of amides is 1. The van der Waals surface area contributed by atoms with Gasteiger partial charge in [0, 0.05) is 18.2 Å². The number of fused-ring (bicyclic) bond motifs is 1. The minimum atomic E-state index is -0.187. The maximum Gasteiger partial charge on any atom is 0.262 e. The van der Waals surface area contributed by atoms with Crippen LogP contribution in [0.2, 0.25) is 0 Å². The summed E-state index contributed by atoms with van der Waals surface area (Å²) >= 11 is 5.40. The molecule has 2 fully saturated rings. The summed E-state index contributed by atoms with van der Waals surface area (Å²) in [5.41, 5.74) is 1.02. The Morgan fingerprint density at radius 3 is 2.79 bits per heavy atom. The second-order valence-electron chi connectivity index (χ2n) is 8.06. The van der Waals surface area contributed by atoms with Crippen LogP contribution < -0.4 is 5.56 Å². The molecule has 5 rings (SSSR count). The molecule has 1 N–H and O–H groups in total. The van der Waals surface area contributed by atoms with Gasteiger partial charge in [0.15, 0.2) is 4.77 Å². The summed E-state index contributed by atoms with van der Waals surface area (Å²) in [6.07, 6.45) is 7.48. The number of hydrogen-bond donors (Lipinski definition) is 1. The third-order valence-electron chi connectivity index (χ3n) is 6.38. The van der Waals surface area contributed by atoms with E-state index in [0.29, 0.717) is 39.0 Å². The maximum atomic E-state index is 13.2. The molecule has 1 unspecified atom stereocenters. The average Bonchev–Trinajstić information content (AvgIpc) is 3.35. The first-order valence-electron chi connectivity index (χ1n) is 10.2. The van der Waals surface area contributed by atoms with Gasteiger partial charge in [-0.2, -0.15) is 0 Å². The number of benzene rings is 1. The van der Waals surface area contributed by atoms with E-state index in [2.05, 4.69) is 4.98 Å². The maximum absolute atomic E-state index is 13.2. The van der Waals surface area contributed by atoms with Crippen LogP contribution in [-0.4, -0.2) is 32.9 Å². The molecule has 0 bridgehead atoms. The molecular weight excluding hydrogens is 386 g/mol. The first kappa shape index (κ1) is 18.4. The lowest BCUT2D eigenvalue weighted by Crippen LogP contribution is -2.42. The van der Waals surface area contributed by atoms with Crippen molar-refractivity contribution in [2.24, 2.45) is 5.92 Å². The number of furan rings is 1. The number of likely N-dealkylation sites (tertiary alicyclic amines) is 1. The van der Waals surface area contributed by atoms with Crippen LogP contribution in [0.3, 0.4) is 0 Å². The van der Waals surface area contributed by atoms with Crippen molar-refractivity contribution in [3.63, 3.8) is 0 Å². The van der Waals surface area contributed by atoms with Gasteiger partial charge < -0.3 is 14.3 Å². The van der Waals surface area contributed by atoms with Gasteiger partial charge in [0.25, 0.3) is 11.5 Å². The Morgan fingerprint density at radius 2 is 2.07 bits per heavy atom. The largest absolute Gasteiger partial charge is 0.467 e. The number of hydrogen-bond acceptors (Lipinski definition) is 4. The lowest BCUT2D eigenvalue weighted by molar-refractivity contribution is 0.0626. The fourth-order valence-electron chi connectivity index (χ4n) is 4.61. The van der Waals surface area contributed by atoms with E-state index in [1.807, 2.05) is 11.0 Å². The molecule has 1 amide bonds. The molecule has 1 saturated carbocycles. The van der Waals surface area contributed by atoms with Crippen LogP contribution in [0.1, 0.15) is 48.2 Å². The van der Waals surface area contributed by atoms with Crippen LogP contribution in [0.4, 0.5) is 0 Å². The highest BCUT2D eigenvalue weighted by Crippen LogP contribution is 2.37. The molecule has 2 aliphatic rings. The topological polar surface area (TPSA) is 71.2 Å². The van der Waals surface area contributed by atoms with Crippen molar-refractivity contribution >= 4 is 29.0 Å². The highest BCUT2D eigenvalue weighted by molar-refractivity contribution is 7.71. The predicted molar refractivity (Wildman–Crippen MR) is 113 cm³/mol. The SMILES string of the molecule is O=C(c1ccc2c(=O)n(Cc3ccco3)c(=S)[nH]c2c1)N1CCCC1C1CCC1. The summed E-state index contributed by atoms with van der Waals surface area (Å²) in [7, 11) is 0. The Morgan fingerprint density at radius 1 is 1.21 bits per heavy atom. The number of nitrogens with zero attached hydrogens (tertiary/aromatic N) is 2. The van der Waals surface area contributed by atoms with Crippen molar-refractivity contribution in [3.8, 4) is 0 Å². The predicted octanol–water partition coefficient (Wildman–Crippen LogP) is 4.11. The van der Waals surface area contributed by atoms with Crippen LogP contribution in [-0.2, 0) is 6.54 Å². The summed E-state index contributed by atoms with van der Waals surface area (Å²) in [5, 5.41) is 0.513. The lowest BCUT2D eigenvalue weighted by atomic mass is 9.78. The molecule has 150 valence electrons. The first-order chi connectivity index (χ1) is 14.1. The van der Waals surface area contributed by atoms with E-state index in [1.165, 1.54) is 23.8 Å². The Balaban J connectivity index is 1.48. The number of carbonyl (C=O) groups is 1. The van der Waals surface area contributed by atoms with Crippen molar-refractivity contribution in [2.75, 3.05) is 6.54 Å². The van der Waals surface area contributed by atoms with E-state index in [0.717, 1.165) is 19.4 Å². The van der Waals surface area contributed by atoms with Crippen molar-refractivity contribution in [1.82, 2.24) is 14.5 Å². The second kappa shape index (κ2) is 7.30. The van der Waals surface area contributed by atoms with Gasteiger partial charge in [-0.25, -0.2) is 0 Å². The van der Waals surface area contributed by atoms with Crippen LogP contribution in [0, 0.1) is 10.7 Å². The van der Waals surface area contributed by atoms with Crippen molar-refractivity contribution in [1.29, 1.82) is 0 Å². The Kier molecular flexibility index (Phi) is 4.62. The Labute approximate surface area is 173 Å². The molecule has 1 saturated heterocycles. The molecule has 2 aromatic heterocycles. The van der Waals surface area contributed by atoms with Gasteiger partial charge in [0.05, 0.1) is 23.7 Å². The molecule has 0 radical (unpaired) electrons. The summed E-state index contributed by atoms with van der Waals surface area (Å²) in [4.78, 5) is 31.3. The van der Waals surface area contributed by atoms with Crippen LogP contribution >= 0.6 is 12.2 Å². The summed E-state index contributed by atoms with van der Waals surface area (Å²) in [5.74, 6) is 1.37. The molecule has 3 heterocycles. The third-order valence-corrected chi connectivity index (χ3v) is 6.70. The zero-order valence-corrected chi connectivity index (χ0v) is 16.9. The quantitative estimate of drug-likeness (QED) is 0.659. The minimum absolute atomic E-state index is 0.0559. The van der Waals surface area contributed by atoms with Crippen LogP contribution in [0.25, 0.3) is 10.9 Å². The van der Waals surface area contributed by atoms with E-state index in [1.54, 1.807) is 30.5 Å². The number of nitrogens with one attached hydrogen (secondary N) is 1. The number of H-pyrrole nitrogens is 1. The normalized spacial score (nSPS) is 19.6. The highest BCUT2D eigenvalue weighted by Gasteiger charge is 2.37. The van der Waals surface area contributed by atoms with Crippen LogP contribution in [0.15, 0.2) is 45.8 Å². The summed E-state index contributed by atoms with van der Waals surface area (Å²) in [6.45, 7) is 1.09. The van der Waals surface area contributed by atoms with Crippen molar-refractivity contribution < 1.29 is 9.21 Å². The Bertz CT molecular complexity index is 1170. The monoisotopic (exact) mass is 409 g/mol. The highest BCUT2D eigenvalue weighted by atomic mass is 32.1. The number of aromatic amines is 1. The smallest absolute Gasteiger partial charge is 0.262 e. The number of carbonyl (C=O) groups excluding carboxylic acids is 1. The Hall–Kier alpha value is -2.67. The van der Waals surface area contributed by atoms with Gasteiger partial charge in [0.2, 0.25) is 0 Å². The molecule has 1 aliphatic heterocycles. The van der Waals surface area contributed by atoms with E-state index in [-0.39, 0.29) is 18.0 Å². The molecule has 1 atom stereocenters. The second-order valence-corrected chi connectivity index (χ2v) is 8.45. The zero-order valence-electron chi connectivity index (χ0n) is 16.1. The van der Waals surface area contributed by atoms with Gasteiger partial charge >= 0.3 is 0 Å². The summed E-state index contributed by atoms with van der Waals surface area (Å²) in [6, 6.07) is 9.21. The summed E-state index contributed by atoms with van der Waals surface area (Å²) < 4.78 is 7.13. The molecule has 29 heavy (non-hydrogen) atoms. The fourth-order valence-corrected chi connectivity index (χ4v) is 4.87. The first-order valence-corrected chi connectivity index (χ1v) is 10.6. The number of aromatic nitrogens is 2. The molecule has 3 aromatic rings. The van der Waals surface area contributed by atoms with Crippen molar-refractivity contribution in [3.05, 3.63) is 63.0 Å². The standard InChI is InChI=1S/C22H23N3O3S/c26-20(24-10-2-7-19(24)14-4-1-5-14)15-8-9-17-18(12-15)23-22(29)25(21(17)27)13-16-6-3-11-28-16/h3,6,8-9,11-12,14,19H,1-2,4-5,7,10,13H2,(H,23,29). The van der Waals surface area contributed by atoms with Crippen molar-refractivity contribution in [2.45, 2.75) is 44.7 Å². The molecule has 1 aromatic carbocycles. The minimum Gasteiger partial charge on any atom is -0.467 e. The third kappa shape index (κ3) is 3.23. The molecule has 1 aliphatic carbocycles. The van der Waals surface area contributed by atoms with E-state index in [4.69, 9.17) is 16.6 Å². The van der Waals surface area contributed by atoms with Gasteiger partial charge in [-0.15, -0.1) is 0 Å². The van der Waals surface area contributed by atoms with Crippen LogP contribution in [0.5, 0.6) is 0 Å². The van der Waals surface area contributed by atoms with E-state index >= 15 is 0 Å². The van der Waals surface area contributed by atoms with Gasteiger partial charge in [0.1, 0.15) is 5.76 Å². The zero-order chi connectivity index (χ0) is 20.0. The van der Waals surface area contributed by atoms with E-state index < -0.39 is 0 Å². The van der Waals surface area contributed by atoms with E-state index in [9.17, 15) is 9.59 Å². The lowest BCUT2D eigenvalue weighted by Gasteiger charge is -2.37. The molecule has 7 heteroatoms. The average molecular weight is 410 g/mol. The fraction of sp³-hybridized carbons (Fsp3) is 0.409. The number of rotatable bonds is 4.